The zero-order chi connectivity index (χ0) is 13.9. The molecule has 0 heterocycles. The molecule has 0 aliphatic heterocycles. The molecule has 2 aliphatic carbocycles. The van der Waals surface area contributed by atoms with Crippen molar-refractivity contribution in [3.63, 3.8) is 0 Å². The normalized spacial score (nSPS) is 22.2. The predicted octanol–water partition coefficient (Wildman–Crippen LogP) is 2.26. The van der Waals surface area contributed by atoms with Gasteiger partial charge in [0.05, 0.1) is 12.0 Å². The van der Waals surface area contributed by atoms with Crippen LogP contribution in [0.1, 0.15) is 58.3 Å². The van der Waals surface area contributed by atoms with Crippen LogP contribution >= 0.6 is 0 Å². The number of amides is 2. The van der Waals surface area contributed by atoms with Crippen LogP contribution in [0, 0.1) is 5.41 Å². The van der Waals surface area contributed by atoms with E-state index in [1.807, 2.05) is 0 Å². The largest absolute Gasteiger partial charge is 0.481 e. The molecule has 108 valence electrons. The summed E-state index contributed by atoms with van der Waals surface area (Å²) in [6.45, 7) is 2.88. The van der Waals surface area contributed by atoms with E-state index in [9.17, 15) is 9.59 Å². The molecule has 2 amide bonds. The van der Waals surface area contributed by atoms with E-state index < -0.39 is 11.5 Å². The van der Waals surface area contributed by atoms with Gasteiger partial charge in [0.15, 0.2) is 0 Å². The fraction of sp³-hybridized carbons (Fsp3) is 0.857. The summed E-state index contributed by atoms with van der Waals surface area (Å²) in [6.07, 6.45) is 7.26. The number of nitrogens with one attached hydrogen (secondary N) is 2. The Morgan fingerprint density at radius 1 is 1.21 bits per heavy atom. The molecular weight excluding hydrogens is 244 g/mol. The average molecular weight is 268 g/mol. The van der Waals surface area contributed by atoms with Crippen molar-refractivity contribution in [2.75, 3.05) is 6.54 Å². The van der Waals surface area contributed by atoms with Crippen LogP contribution in [0.5, 0.6) is 0 Å². The molecule has 2 rings (SSSR count). The highest BCUT2D eigenvalue weighted by molar-refractivity contribution is 5.77. The Bertz CT molecular complexity index is 360. The van der Waals surface area contributed by atoms with Gasteiger partial charge < -0.3 is 15.7 Å². The Morgan fingerprint density at radius 3 is 2.32 bits per heavy atom. The molecule has 2 saturated carbocycles. The first-order chi connectivity index (χ1) is 8.99. The number of carboxylic acid groups (broad SMARTS) is 1. The molecule has 0 aromatic rings. The van der Waals surface area contributed by atoms with Crippen LogP contribution in [0.4, 0.5) is 4.79 Å². The minimum atomic E-state index is -0.843. The van der Waals surface area contributed by atoms with Gasteiger partial charge in [-0.3, -0.25) is 4.79 Å². The van der Waals surface area contributed by atoms with Crippen molar-refractivity contribution in [1.29, 1.82) is 0 Å². The summed E-state index contributed by atoms with van der Waals surface area (Å²) in [7, 11) is 0. The smallest absolute Gasteiger partial charge is 0.315 e. The van der Waals surface area contributed by atoms with E-state index in [4.69, 9.17) is 5.11 Å². The van der Waals surface area contributed by atoms with Gasteiger partial charge in [-0.25, -0.2) is 4.79 Å². The van der Waals surface area contributed by atoms with E-state index in [1.54, 1.807) is 0 Å². The Morgan fingerprint density at radius 2 is 1.89 bits per heavy atom. The van der Waals surface area contributed by atoms with Crippen molar-refractivity contribution in [2.45, 2.75) is 63.8 Å². The van der Waals surface area contributed by atoms with E-state index in [0.717, 1.165) is 38.6 Å². The molecule has 2 aliphatic rings. The Labute approximate surface area is 114 Å². The molecule has 0 saturated heterocycles. The zero-order valence-corrected chi connectivity index (χ0v) is 11.6. The van der Waals surface area contributed by atoms with Gasteiger partial charge >= 0.3 is 12.0 Å². The lowest BCUT2D eigenvalue weighted by molar-refractivity contribution is -0.139. The molecule has 5 nitrogen and oxygen atoms in total. The fourth-order valence-electron chi connectivity index (χ4n) is 3.01. The highest BCUT2D eigenvalue weighted by atomic mass is 16.4. The lowest BCUT2D eigenvalue weighted by Crippen LogP contribution is -2.57. The van der Waals surface area contributed by atoms with E-state index in [1.165, 1.54) is 12.8 Å². The lowest BCUT2D eigenvalue weighted by atomic mass is 9.74. The summed E-state index contributed by atoms with van der Waals surface area (Å²) in [5.74, 6) is -0.843. The molecule has 0 aromatic carbocycles. The number of rotatable bonds is 7. The van der Waals surface area contributed by atoms with E-state index >= 15 is 0 Å². The summed E-state index contributed by atoms with van der Waals surface area (Å²) < 4.78 is 0. The van der Waals surface area contributed by atoms with Crippen molar-refractivity contribution in [3.8, 4) is 0 Å². The summed E-state index contributed by atoms with van der Waals surface area (Å²) in [6, 6.07) is -0.205. The second kappa shape index (κ2) is 5.39. The predicted molar refractivity (Wildman–Crippen MR) is 71.9 cm³/mol. The average Bonchev–Trinajstić information content (AvgIpc) is 3.04. The van der Waals surface area contributed by atoms with Crippen LogP contribution in [-0.2, 0) is 4.79 Å². The first kappa shape index (κ1) is 14.2. The highest BCUT2D eigenvalue weighted by Gasteiger charge is 2.43. The fourth-order valence-corrected chi connectivity index (χ4v) is 3.01. The monoisotopic (exact) mass is 268 g/mol. The minimum absolute atomic E-state index is 0.0283. The number of hydrogen-bond acceptors (Lipinski definition) is 2. The lowest BCUT2D eigenvalue weighted by Gasteiger charge is -2.41. The molecule has 2 fully saturated rings. The van der Waals surface area contributed by atoms with Crippen molar-refractivity contribution in [2.24, 2.45) is 5.41 Å². The Balaban J connectivity index is 1.76. The van der Waals surface area contributed by atoms with Crippen molar-refractivity contribution in [1.82, 2.24) is 10.6 Å². The summed E-state index contributed by atoms with van der Waals surface area (Å²) in [4.78, 5) is 22.7. The molecule has 0 radical (unpaired) electrons. The number of carboxylic acids is 1. The third kappa shape index (κ3) is 3.61. The van der Waals surface area contributed by atoms with Crippen molar-refractivity contribution in [3.05, 3.63) is 0 Å². The molecule has 0 spiro atoms. The van der Waals surface area contributed by atoms with E-state index in [-0.39, 0.29) is 12.5 Å². The molecule has 0 unspecified atom stereocenters. The second-order valence-electron chi connectivity index (χ2n) is 6.26. The number of carbonyl (C=O) groups is 2. The first-order valence-corrected chi connectivity index (χ1v) is 7.27. The van der Waals surface area contributed by atoms with Crippen LogP contribution < -0.4 is 10.6 Å². The number of hydrogen-bond donors (Lipinski definition) is 3. The third-order valence-corrected chi connectivity index (χ3v) is 4.54. The molecule has 0 aromatic heterocycles. The molecule has 3 N–H and O–H groups in total. The molecular formula is C14H24N2O3. The van der Waals surface area contributed by atoms with Gasteiger partial charge in [0.25, 0.3) is 0 Å². The third-order valence-electron chi connectivity index (χ3n) is 4.54. The molecule has 19 heavy (non-hydrogen) atoms. The standard InChI is InChI=1S/C14H24N2O3/c1-2-4-13(7-8-13)10-15-12(19)16-14(5-3-6-14)9-11(17)18/h2-10H2,1H3,(H,17,18)(H2,15,16,19). The van der Waals surface area contributed by atoms with Gasteiger partial charge in [-0.15, -0.1) is 0 Å². The van der Waals surface area contributed by atoms with Gasteiger partial charge in [0.2, 0.25) is 0 Å². The number of carbonyl (C=O) groups excluding carboxylic acids is 1. The van der Waals surface area contributed by atoms with Gasteiger partial charge in [-0.1, -0.05) is 13.3 Å². The van der Waals surface area contributed by atoms with Gasteiger partial charge in [0, 0.05) is 6.54 Å². The van der Waals surface area contributed by atoms with Gasteiger partial charge in [-0.05, 0) is 43.9 Å². The molecule has 0 atom stereocenters. The van der Waals surface area contributed by atoms with Gasteiger partial charge in [0.1, 0.15) is 0 Å². The number of urea groups is 1. The maximum Gasteiger partial charge on any atom is 0.315 e. The SMILES string of the molecule is CCCC1(CNC(=O)NC2(CC(=O)O)CCC2)CC1. The van der Waals surface area contributed by atoms with Crippen molar-refractivity contribution < 1.29 is 14.7 Å². The summed E-state index contributed by atoms with van der Waals surface area (Å²) in [5, 5.41) is 14.7. The van der Waals surface area contributed by atoms with Crippen LogP contribution in [0.2, 0.25) is 0 Å². The van der Waals surface area contributed by atoms with Crippen LogP contribution in [0.25, 0.3) is 0 Å². The van der Waals surface area contributed by atoms with Crippen molar-refractivity contribution >= 4 is 12.0 Å². The molecule has 5 heteroatoms. The van der Waals surface area contributed by atoms with E-state index in [0.29, 0.717) is 5.41 Å². The second-order valence-corrected chi connectivity index (χ2v) is 6.26. The Hall–Kier alpha value is -1.26. The van der Waals surface area contributed by atoms with Crippen LogP contribution in [0.15, 0.2) is 0 Å². The highest BCUT2D eigenvalue weighted by Crippen LogP contribution is 2.48. The van der Waals surface area contributed by atoms with Gasteiger partial charge in [-0.2, -0.15) is 0 Å². The first-order valence-electron chi connectivity index (χ1n) is 7.27. The maximum atomic E-state index is 11.9. The number of aliphatic carboxylic acids is 1. The van der Waals surface area contributed by atoms with Crippen LogP contribution in [-0.4, -0.2) is 29.2 Å². The topological polar surface area (TPSA) is 78.4 Å². The maximum absolute atomic E-state index is 11.9. The molecule has 0 bridgehead atoms. The summed E-state index contributed by atoms with van der Waals surface area (Å²) >= 11 is 0. The Kier molecular flexibility index (Phi) is 4.02. The zero-order valence-electron chi connectivity index (χ0n) is 11.6. The summed E-state index contributed by atoms with van der Waals surface area (Å²) in [5.41, 5.74) is -0.178. The van der Waals surface area contributed by atoms with Crippen LogP contribution in [0.3, 0.4) is 0 Å². The quantitative estimate of drug-likeness (QED) is 0.662. The minimum Gasteiger partial charge on any atom is -0.481 e. The van der Waals surface area contributed by atoms with E-state index in [2.05, 4.69) is 17.6 Å².